The van der Waals surface area contributed by atoms with Gasteiger partial charge in [-0.3, -0.25) is 9.59 Å². The lowest BCUT2D eigenvalue weighted by atomic mass is 9.99. The molecule has 0 aliphatic rings. The van der Waals surface area contributed by atoms with Gasteiger partial charge in [0.25, 0.3) is 5.56 Å². The smallest absolute Gasteiger partial charge is 0.481 e. The normalized spacial score (nSPS) is 11.2. The predicted molar refractivity (Wildman–Crippen MR) is 70.5 cm³/mol. The van der Waals surface area contributed by atoms with Crippen molar-refractivity contribution in [3.05, 3.63) is 52.4 Å². The first-order valence-electron chi connectivity index (χ1n) is 6.05. The van der Waals surface area contributed by atoms with E-state index < -0.39 is 23.6 Å². The molecule has 0 fully saturated rings. The van der Waals surface area contributed by atoms with Gasteiger partial charge >= 0.3 is 12.3 Å². The lowest BCUT2D eigenvalue weighted by Gasteiger charge is -2.10. The molecule has 0 amide bonds. The van der Waals surface area contributed by atoms with Gasteiger partial charge in [0.2, 0.25) is 0 Å². The molecule has 0 bridgehead atoms. The molecule has 0 saturated carbocycles. The average molecular weight is 313 g/mol. The van der Waals surface area contributed by atoms with Crippen molar-refractivity contribution in [2.45, 2.75) is 12.8 Å². The van der Waals surface area contributed by atoms with E-state index in [4.69, 9.17) is 5.11 Å². The number of aliphatic carboxylic acids is 1. The Bertz CT molecular complexity index is 735. The second-order valence-electron chi connectivity index (χ2n) is 4.35. The Morgan fingerprint density at radius 3 is 2.36 bits per heavy atom. The second kappa shape index (κ2) is 5.92. The Hall–Kier alpha value is -2.77. The minimum atomic E-state index is -4.81. The highest BCUT2D eigenvalue weighted by atomic mass is 19.4. The average Bonchev–Trinajstić information content (AvgIpc) is 2.38. The number of aromatic nitrogens is 1. The molecule has 0 aliphatic carbocycles. The Balaban J connectivity index is 2.40. The first kappa shape index (κ1) is 15.6. The molecule has 22 heavy (non-hydrogen) atoms. The van der Waals surface area contributed by atoms with Crippen LogP contribution in [0.5, 0.6) is 5.75 Å². The van der Waals surface area contributed by atoms with Gasteiger partial charge in [-0.15, -0.1) is 13.2 Å². The van der Waals surface area contributed by atoms with Crippen LogP contribution >= 0.6 is 0 Å². The fourth-order valence-corrected chi connectivity index (χ4v) is 1.97. The molecule has 1 aromatic carbocycles. The van der Waals surface area contributed by atoms with Crippen LogP contribution < -0.4 is 10.3 Å². The van der Waals surface area contributed by atoms with Crippen LogP contribution in [-0.2, 0) is 11.2 Å². The summed E-state index contributed by atoms with van der Waals surface area (Å²) in [6.45, 7) is 0. The van der Waals surface area contributed by atoms with E-state index in [1.54, 1.807) is 0 Å². The van der Waals surface area contributed by atoms with Crippen LogP contribution in [0.15, 0.2) is 41.3 Å². The first-order valence-corrected chi connectivity index (χ1v) is 6.05. The number of pyridine rings is 1. The molecule has 0 radical (unpaired) electrons. The number of carbonyl (C=O) groups is 1. The Labute approximate surface area is 122 Å². The third kappa shape index (κ3) is 3.87. The standard InChI is InChI=1S/C14H10F3NO4/c15-14(16,17)22-10-3-1-8(2-4-10)12-9(7-11(19)20)5-6-18-13(12)21/h1-6H,7H2,(H,18,21)(H,19,20). The van der Waals surface area contributed by atoms with Gasteiger partial charge in [-0.1, -0.05) is 12.1 Å². The Morgan fingerprint density at radius 1 is 1.18 bits per heavy atom. The van der Waals surface area contributed by atoms with Gasteiger partial charge in [0.1, 0.15) is 5.75 Å². The Morgan fingerprint density at radius 2 is 1.82 bits per heavy atom. The van der Waals surface area contributed by atoms with Crippen molar-refractivity contribution in [1.82, 2.24) is 4.98 Å². The number of carboxylic acids is 1. The molecule has 0 aliphatic heterocycles. The molecule has 0 atom stereocenters. The van der Waals surface area contributed by atoms with Crippen molar-refractivity contribution in [3.8, 4) is 16.9 Å². The number of hydrogen-bond acceptors (Lipinski definition) is 3. The third-order valence-electron chi connectivity index (χ3n) is 2.77. The summed E-state index contributed by atoms with van der Waals surface area (Å²) in [4.78, 5) is 25.1. The monoisotopic (exact) mass is 313 g/mol. The highest BCUT2D eigenvalue weighted by molar-refractivity contribution is 5.76. The molecule has 8 heteroatoms. The summed E-state index contributed by atoms with van der Waals surface area (Å²) in [6.07, 6.45) is -3.87. The Kier molecular flexibility index (Phi) is 4.20. The van der Waals surface area contributed by atoms with Crippen molar-refractivity contribution >= 4 is 5.97 Å². The summed E-state index contributed by atoms with van der Waals surface area (Å²) in [5.74, 6) is -1.55. The number of H-pyrrole nitrogens is 1. The van der Waals surface area contributed by atoms with Gasteiger partial charge in [0, 0.05) is 6.20 Å². The molecule has 0 unspecified atom stereocenters. The fourth-order valence-electron chi connectivity index (χ4n) is 1.97. The van der Waals surface area contributed by atoms with Crippen molar-refractivity contribution in [1.29, 1.82) is 0 Å². The maximum atomic E-state index is 12.1. The molecular formula is C14H10F3NO4. The van der Waals surface area contributed by atoms with Gasteiger partial charge < -0.3 is 14.8 Å². The van der Waals surface area contributed by atoms with Gasteiger partial charge in [0.05, 0.1) is 12.0 Å². The summed E-state index contributed by atoms with van der Waals surface area (Å²) < 4.78 is 40.0. The van der Waals surface area contributed by atoms with Crippen LogP contribution in [0.4, 0.5) is 13.2 Å². The van der Waals surface area contributed by atoms with Crippen molar-refractivity contribution in [2.24, 2.45) is 0 Å². The number of hydrogen-bond donors (Lipinski definition) is 2. The summed E-state index contributed by atoms with van der Waals surface area (Å²) in [5.41, 5.74) is 0.139. The van der Waals surface area contributed by atoms with Crippen molar-refractivity contribution in [2.75, 3.05) is 0 Å². The summed E-state index contributed by atoms with van der Waals surface area (Å²) in [6, 6.07) is 6.07. The fraction of sp³-hybridized carbons (Fsp3) is 0.143. The molecule has 0 spiro atoms. The zero-order chi connectivity index (χ0) is 16.3. The zero-order valence-corrected chi connectivity index (χ0v) is 11.0. The second-order valence-corrected chi connectivity index (χ2v) is 4.35. The number of ether oxygens (including phenoxy) is 1. The lowest BCUT2D eigenvalue weighted by molar-refractivity contribution is -0.274. The number of benzene rings is 1. The van der Waals surface area contributed by atoms with Gasteiger partial charge in [-0.2, -0.15) is 0 Å². The molecule has 2 aromatic rings. The summed E-state index contributed by atoms with van der Waals surface area (Å²) >= 11 is 0. The number of alkyl halides is 3. The zero-order valence-electron chi connectivity index (χ0n) is 11.0. The highest BCUT2D eigenvalue weighted by Crippen LogP contribution is 2.26. The number of aromatic amines is 1. The molecule has 2 N–H and O–H groups in total. The maximum Gasteiger partial charge on any atom is 0.573 e. The topological polar surface area (TPSA) is 79.4 Å². The molecular weight excluding hydrogens is 303 g/mol. The van der Waals surface area contributed by atoms with Crippen LogP contribution in [0.25, 0.3) is 11.1 Å². The predicted octanol–water partition coefficient (Wildman–Crippen LogP) is 2.57. The molecule has 1 aromatic heterocycles. The van der Waals surface area contributed by atoms with Crippen LogP contribution in [-0.4, -0.2) is 22.4 Å². The van der Waals surface area contributed by atoms with E-state index >= 15 is 0 Å². The van der Waals surface area contributed by atoms with Gasteiger partial charge in [-0.05, 0) is 29.3 Å². The minimum absolute atomic E-state index is 0.100. The molecule has 1 heterocycles. The van der Waals surface area contributed by atoms with Crippen molar-refractivity contribution in [3.63, 3.8) is 0 Å². The van der Waals surface area contributed by atoms with E-state index in [-0.39, 0.29) is 17.5 Å². The molecule has 2 rings (SSSR count). The highest BCUT2D eigenvalue weighted by Gasteiger charge is 2.31. The van der Waals surface area contributed by atoms with E-state index in [1.165, 1.54) is 24.4 Å². The quantitative estimate of drug-likeness (QED) is 0.909. The largest absolute Gasteiger partial charge is 0.573 e. The van der Waals surface area contributed by atoms with Crippen LogP contribution in [0.3, 0.4) is 0 Å². The van der Waals surface area contributed by atoms with Crippen LogP contribution in [0.1, 0.15) is 5.56 Å². The van der Waals surface area contributed by atoms with E-state index in [1.807, 2.05) is 0 Å². The van der Waals surface area contributed by atoms with Crippen molar-refractivity contribution < 1.29 is 27.8 Å². The number of rotatable bonds is 4. The molecule has 116 valence electrons. The van der Waals surface area contributed by atoms with E-state index in [9.17, 15) is 22.8 Å². The summed E-state index contributed by atoms with van der Waals surface area (Å²) in [5, 5.41) is 8.84. The summed E-state index contributed by atoms with van der Waals surface area (Å²) in [7, 11) is 0. The van der Waals surface area contributed by atoms with Gasteiger partial charge in [0.15, 0.2) is 0 Å². The minimum Gasteiger partial charge on any atom is -0.481 e. The first-order chi connectivity index (χ1) is 10.3. The van der Waals surface area contributed by atoms with E-state index in [0.717, 1.165) is 12.1 Å². The van der Waals surface area contributed by atoms with Gasteiger partial charge in [-0.25, -0.2) is 0 Å². The molecule has 5 nitrogen and oxygen atoms in total. The van der Waals surface area contributed by atoms with Crippen LogP contribution in [0, 0.1) is 0 Å². The van der Waals surface area contributed by atoms with Crippen LogP contribution in [0.2, 0.25) is 0 Å². The number of nitrogens with one attached hydrogen (secondary N) is 1. The number of halogens is 3. The number of carboxylic acid groups (broad SMARTS) is 1. The molecule has 0 saturated heterocycles. The van der Waals surface area contributed by atoms with E-state index in [2.05, 4.69) is 9.72 Å². The SMILES string of the molecule is O=C(O)Cc1cc[nH]c(=O)c1-c1ccc(OC(F)(F)F)cc1. The maximum absolute atomic E-state index is 12.1. The third-order valence-corrected chi connectivity index (χ3v) is 2.77. The van der Waals surface area contributed by atoms with E-state index in [0.29, 0.717) is 5.56 Å². The lowest BCUT2D eigenvalue weighted by Crippen LogP contribution is -2.17.